The second-order valence-corrected chi connectivity index (χ2v) is 14.1. The molecule has 0 nitrogen and oxygen atoms in total. The summed E-state index contributed by atoms with van der Waals surface area (Å²) in [6.45, 7) is 9.27. The van der Waals surface area contributed by atoms with Gasteiger partial charge in [0, 0.05) is 0 Å². The van der Waals surface area contributed by atoms with Crippen LogP contribution < -0.4 is 37.1 Å². The third-order valence-electron chi connectivity index (χ3n) is 8.09. The molecule has 6 rings (SSSR count). The molecular weight excluding hydrogens is 447 g/mol. The van der Waals surface area contributed by atoms with Crippen molar-refractivity contribution in [2.45, 2.75) is 27.7 Å². The molecule has 0 bridgehead atoms. The lowest BCUT2D eigenvalue weighted by Gasteiger charge is -2.43. The lowest BCUT2D eigenvalue weighted by atomic mass is 9.35. The fourth-order valence-corrected chi connectivity index (χ4v) is 12.0. The fraction of sp³-hybridized carbons (Fsp3) is 0.118. The number of hydrogen-bond acceptors (Lipinski definition) is 0. The standard InChI is InChI=1S/C34H31BSi/c1-24-18-20-30-32(22-24)36(28-14-7-5-8-15-28,29-16-9-6-10-17-29)33-23-25(2)19-21-31(33)35(30)34-26(3)12-11-13-27(34)4/h5-23H,1-4H3. The molecule has 36 heavy (non-hydrogen) atoms. The minimum absolute atomic E-state index is 0.227. The number of aryl methyl sites for hydroxylation is 4. The van der Waals surface area contributed by atoms with Crippen LogP contribution in [0.1, 0.15) is 22.3 Å². The van der Waals surface area contributed by atoms with Crippen molar-refractivity contribution in [3.05, 3.63) is 138 Å². The summed E-state index contributed by atoms with van der Waals surface area (Å²) in [7, 11) is -2.55. The first-order valence-corrected chi connectivity index (χ1v) is 14.9. The van der Waals surface area contributed by atoms with Crippen LogP contribution in [0.25, 0.3) is 0 Å². The molecular formula is C34H31BSi. The van der Waals surface area contributed by atoms with E-state index in [9.17, 15) is 0 Å². The van der Waals surface area contributed by atoms with Gasteiger partial charge in [0.05, 0.1) is 0 Å². The Kier molecular flexibility index (Phi) is 5.58. The molecule has 0 saturated carbocycles. The average molecular weight is 479 g/mol. The highest BCUT2D eigenvalue weighted by molar-refractivity contribution is 7.26. The quantitative estimate of drug-likeness (QED) is 0.343. The van der Waals surface area contributed by atoms with Crippen LogP contribution in [0, 0.1) is 27.7 Å². The van der Waals surface area contributed by atoms with Gasteiger partial charge in [-0.3, -0.25) is 0 Å². The number of benzene rings is 5. The van der Waals surface area contributed by atoms with Gasteiger partial charge in [-0.1, -0.05) is 154 Å². The Labute approximate surface area is 216 Å². The summed E-state index contributed by atoms with van der Waals surface area (Å²) in [5.41, 5.74) is 9.78. The van der Waals surface area contributed by atoms with E-state index in [1.807, 2.05) is 0 Å². The van der Waals surface area contributed by atoms with E-state index in [2.05, 4.69) is 143 Å². The van der Waals surface area contributed by atoms with E-state index in [-0.39, 0.29) is 6.71 Å². The van der Waals surface area contributed by atoms with E-state index >= 15 is 0 Å². The third-order valence-corrected chi connectivity index (χ3v) is 13.0. The van der Waals surface area contributed by atoms with Crippen LogP contribution in [-0.2, 0) is 0 Å². The molecule has 0 unspecified atom stereocenters. The molecule has 0 spiro atoms. The minimum atomic E-state index is -2.55. The monoisotopic (exact) mass is 478 g/mol. The van der Waals surface area contributed by atoms with Crippen molar-refractivity contribution in [2.24, 2.45) is 0 Å². The summed E-state index contributed by atoms with van der Waals surface area (Å²) in [4.78, 5) is 0. The molecule has 1 aliphatic heterocycles. The van der Waals surface area contributed by atoms with Gasteiger partial charge in [-0.05, 0) is 48.4 Å². The Morgan fingerprint density at radius 3 is 1.36 bits per heavy atom. The van der Waals surface area contributed by atoms with Crippen molar-refractivity contribution in [1.82, 2.24) is 0 Å². The zero-order chi connectivity index (χ0) is 24.9. The van der Waals surface area contributed by atoms with Gasteiger partial charge < -0.3 is 0 Å². The Hall–Kier alpha value is -3.62. The van der Waals surface area contributed by atoms with Gasteiger partial charge >= 0.3 is 0 Å². The van der Waals surface area contributed by atoms with E-state index < -0.39 is 8.07 Å². The lowest BCUT2D eigenvalue weighted by molar-refractivity contribution is 1.42. The van der Waals surface area contributed by atoms with Crippen LogP contribution in [0.5, 0.6) is 0 Å². The molecule has 2 heteroatoms. The third kappa shape index (κ3) is 3.36. The van der Waals surface area contributed by atoms with Gasteiger partial charge in [0.1, 0.15) is 0 Å². The number of rotatable bonds is 3. The van der Waals surface area contributed by atoms with Crippen molar-refractivity contribution in [1.29, 1.82) is 0 Å². The summed E-state index contributed by atoms with van der Waals surface area (Å²) in [6.07, 6.45) is 0. The lowest BCUT2D eigenvalue weighted by Crippen LogP contribution is -2.87. The highest BCUT2D eigenvalue weighted by Crippen LogP contribution is 2.16. The van der Waals surface area contributed by atoms with Crippen LogP contribution in [0.3, 0.4) is 0 Å². The molecule has 0 amide bonds. The molecule has 0 atom stereocenters. The molecule has 174 valence electrons. The first-order valence-electron chi connectivity index (χ1n) is 12.9. The number of hydrogen-bond donors (Lipinski definition) is 0. The minimum Gasteiger partial charge on any atom is -0.0682 e. The summed E-state index contributed by atoms with van der Waals surface area (Å²) < 4.78 is 0. The van der Waals surface area contributed by atoms with E-state index in [0.717, 1.165) is 0 Å². The zero-order valence-electron chi connectivity index (χ0n) is 21.5. The maximum Gasteiger partial charge on any atom is 0.241 e. The largest absolute Gasteiger partial charge is 0.241 e. The Morgan fingerprint density at radius 2 is 0.917 bits per heavy atom. The fourth-order valence-electron chi connectivity index (χ4n) is 6.56. The first-order chi connectivity index (χ1) is 17.5. The van der Waals surface area contributed by atoms with Crippen molar-refractivity contribution in [3.63, 3.8) is 0 Å². The maximum atomic E-state index is 2.51. The molecule has 0 N–H and O–H groups in total. The Bertz CT molecular complexity index is 1460. The Morgan fingerprint density at radius 1 is 0.472 bits per heavy atom. The molecule has 1 aliphatic rings. The van der Waals surface area contributed by atoms with Gasteiger partial charge in [-0.25, -0.2) is 0 Å². The summed E-state index contributed by atoms with van der Waals surface area (Å²) >= 11 is 0. The highest BCUT2D eigenvalue weighted by atomic mass is 28.3. The summed E-state index contributed by atoms with van der Waals surface area (Å²) in [5, 5.41) is 5.97. The SMILES string of the molecule is Cc1ccc2c(c1)[Si](c1ccccc1)(c1ccccc1)c1cc(C)ccc1B2c1c(C)cccc1C. The van der Waals surface area contributed by atoms with Crippen LogP contribution in [0.4, 0.5) is 0 Å². The summed E-state index contributed by atoms with van der Waals surface area (Å²) in [5.74, 6) is 0. The summed E-state index contributed by atoms with van der Waals surface area (Å²) in [6, 6.07) is 43.9. The molecule has 0 saturated heterocycles. The van der Waals surface area contributed by atoms with Gasteiger partial charge in [0.25, 0.3) is 0 Å². The van der Waals surface area contributed by atoms with Crippen molar-refractivity contribution in [2.75, 3.05) is 0 Å². The van der Waals surface area contributed by atoms with Gasteiger partial charge in [-0.15, -0.1) is 0 Å². The van der Waals surface area contributed by atoms with Crippen LogP contribution in [0.2, 0.25) is 0 Å². The molecule has 0 aromatic heterocycles. The van der Waals surface area contributed by atoms with E-state index in [4.69, 9.17) is 0 Å². The van der Waals surface area contributed by atoms with Crippen LogP contribution in [0.15, 0.2) is 115 Å². The van der Waals surface area contributed by atoms with Crippen LogP contribution >= 0.6 is 0 Å². The smallest absolute Gasteiger partial charge is 0.0682 e. The second kappa shape index (κ2) is 8.80. The van der Waals surface area contributed by atoms with E-state index in [0.29, 0.717) is 0 Å². The van der Waals surface area contributed by atoms with E-state index in [1.165, 1.54) is 59.4 Å². The first kappa shape index (κ1) is 22.8. The second-order valence-electron chi connectivity index (χ2n) is 10.4. The van der Waals surface area contributed by atoms with Crippen LogP contribution in [-0.4, -0.2) is 14.8 Å². The predicted molar refractivity (Wildman–Crippen MR) is 160 cm³/mol. The molecule has 5 aromatic carbocycles. The van der Waals surface area contributed by atoms with E-state index in [1.54, 1.807) is 0 Å². The van der Waals surface area contributed by atoms with Crippen molar-refractivity contribution in [3.8, 4) is 0 Å². The molecule has 0 radical (unpaired) electrons. The predicted octanol–water partition coefficient (Wildman–Crippen LogP) is 3.13. The molecule has 0 aliphatic carbocycles. The molecule has 1 heterocycles. The average Bonchev–Trinajstić information content (AvgIpc) is 2.89. The number of fused-ring (bicyclic) bond motifs is 2. The topological polar surface area (TPSA) is 0 Å². The van der Waals surface area contributed by atoms with Gasteiger partial charge in [0.2, 0.25) is 6.71 Å². The highest BCUT2D eigenvalue weighted by Gasteiger charge is 2.50. The zero-order valence-corrected chi connectivity index (χ0v) is 22.5. The van der Waals surface area contributed by atoms with Gasteiger partial charge in [-0.2, -0.15) is 0 Å². The normalized spacial score (nSPS) is 13.7. The molecule has 5 aromatic rings. The maximum absolute atomic E-state index is 2.55. The van der Waals surface area contributed by atoms with Crippen molar-refractivity contribution < 1.29 is 0 Å². The Balaban J connectivity index is 1.83. The van der Waals surface area contributed by atoms with Gasteiger partial charge in [0.15, 0.2) is 8.07 Å². The molecule has 0 fully saturated rings. The van der Waals surface area contributed by atoms with Crippen molar-refractivity contribution >= 4 is 51.9 Å².